The molecular formula is C14H11ClN6. The summed E-state index contributed by atoms with van der Waals surface area (Å²) in [6.07, 6.45) is 3.59. The van der Waals surface area contributed by atoms with Gasteiger partial charge in [-0.3, -0.25) is 4.68 Å². The van der Waals surface area contributed by atoms with Gasteiger partial charge in [-0.15, -0.1) is 5.10 Å². The summed E-state index contributed by atoms with van der Waals surface area (Å²) >= 11 is 6.24. The van der Waals surface area contributed by atoms with Crippen LogP contribution in [0.3, 0.4) is 0 Å². The fourth-order valence-electron chi connectivity index (χ4n) is 2.40. The molecule has 4 aromatic rings. The Kier molecular flexibility index (Phi) is 2.49. The van der Waals surface area contributed by atoms with Crippen LogP contribution in [0.1, 0.15) is 5.56 Å². The maximum absolute atomic E-state index is 6.24. The molecule has 0 aliphatic carbocycles. The first-order chi connectivity index (χ1) is 10.1. The first-order valence-electron chi connectivity index (χ1n) is 6.44. The van der Waals surface area contributed by atoms with Crippen LogP contribution in [0.15, 0.2) is 30.6 Å². The summed E-state index contributed by atoms with van der Waals surface area (Å²) in [6, 6.07) is 5.95. The number of hydrogen-bond acceptors (Lipinski definition) is 4. The molecule has 0 fully saturated rings. The highest BCUT2D eigenvalue weighted by molar-refractivity contribution is 6.29. The SMILES string of the molecule is Cc1cccc2c1nc(Cl)n1nc(-c3cnn(C)c3)nc21. The van der Waals surface area contributed by atoms with Gasteiger partial charge in [0, 0.05) is 18.6 Å². The van der Waals surface area contributed by atoms with Crippen molar-refractivity contribution in [3.05, 3.63) is 41.4 Å². The molecule has 1 aromatic carbocycles. The molecule has 4 rings (SSSR count). The van der Waals surface area contributed by atoms with Crippen LogP contribution in [0.25, 0.3) is 27.9 Å². The zero-order valence-corrected chi connectivity index (χ0v) is 12.2. The first-order valence-corrected chi connectivity index (χ1v) is 6.82. The Hall–Kier alpha value is -2.47. The van der Waals surface area contributed by atoms with Crippen molar-refractivity contribution in [3.63, 3.8) is 0 Å². The minimum absolute atomic E-state index is 0.300. The third kappa shape index (κ3) is 1.80. The summed E-state index contributed by atoms with van der Waals surface area (Å²) in [7, 11) is 1.85. The topological polar surface area (TPSA) is 60.9 Å². The van der Waals surface area contributed by atoms with Gasteiger partial charge in [-0.25, -0.2) is 9.97 Å². The van der Waals surface area contributed by atoms with Crippen molar-refractivity contribution < 1.29 is 0 Å². The molecule has 21 heavy (non-hydrogen) atoms. The van der Waals surface area contributed by atoms with Crippen molar-refractivity contribution in [2.75, 3.05) is 0 Å². The van der Waals surface area contributed by atoms with E-state index in [4.69, 9.17) is 11.6 Å². The molecule has 0 spiro atoms. The first kappa shape index (κ1) is 12.3. The molecule has 0 bridgehead atoms. The van der Waals surface area contributed by atoms with Crippen LogP contribution in [0, 0.1) is 6.92 Å². The molecule has 0 atom stereocenters. The molecule has 6 nitrogen and oxygen atoms in total. The number of aromatic nitrogens is 6. The predicted octanol–water partition coefficient (Wildman–Crippen LogP) is 2.64. The van der Waals surface area contributed by atoms with Crippen molar-refractivity contribution in [2.24, 2.45) is 7.05 Å². The van der Waals surface area contributed by atoms with Crippen LogP contribution in [-0.2, 0) is 7.05 Å². The monoisotopic (exact) mass is 298 g/mol. The number of nitrogens with zero attached hydrogens (tertiary/aromatic N) is 6. The standard InChI is InChI=1S/C14H11ClN6/c1-8-4-3-5-10-11(8)17-14(15)21-13(10)18-12(19-21)9-6-16-20(2)7-9/h3-7H,1-2H3. The number of para-hydroxylation sites is 1. The Labute approximate surface area is 125 Å². The van der Waals surface area contributed by atoms with E-state index in [9.17, 15) is 0 Å². The summed E-state index contributed by atoms with van der Waals surface area (Å²) in [5.74, 6) is 0.584. The summed E-state index contributed by atoms with van der Waals surface area (Å²) in [5.41, 5.74) is 3.45. The Morgan fingerprint density at radius 1 is 1.19 bits per heavy atom. The second kappa shape index (κ2) is 4.26. The van der Waals surface area contributed by atoms with E-state index >= 15 is 0 Å². The third-order valence-corrected chi connectivity index (χ3v) is 3.67. The number of halogens is 1. The van der Waals surface area contributed by atoms with Crippen LogP contribution in [0.2, 0.25) is 5.28 Å². The smallest absolute Gasteiger partial charge is 0.226 e. The lowest BCUT2D eigenvalue weighted by Gasteiger charge is -2.03. The number of benzene rings is 1. The predicted molar refractivity (Wildman–Crippen MR) is 80.2 cm³/mol. The molecule has 0 aliphatic rings. The lowest BCUT2D eigenvalue weighted by atomic mass is 10.1. The highest BCUT2D eigenvalue weighted by Crippen LogP contribution is 2.25. The van der Waals surface area contributed by atoms with E-state index in [1.54, 1.807) is 15.4 Å². The van der Waals surface area contributed by atoms with E-state index in [1.165, 1.54) is 0 Å². The van der Waals surface area contributed by atoms with Crippen LogP contribution in [0.5, 0.6) is 0 Å². The Morgan fingerprint density at radius 3 is 2.81 bits per heavy atom. The zero-order valence-electron chi connectivity index (χ0n) is 11.4. The molecule has 104 valence electrons. The molecule has 0 saturated heterocycles. The van der Waals surface area contributed by atoms with Gasteiger partial charge in [0.25, 0.3) is 0 Å². The molecule has 3 aromatic heterocycles. The molecule has 0 saturated carbocycles. The van der Waals surface area contributed by atoms with Crippen LogP contribution in [-0.4, -0.2) is 29.4 Å². The van der Waals surface area contributed by atoms with Gasteiger partial charge in [0.05, 0.1) is 17.3 Å². The molecular weight excluding hydrogens is 288 g/mol. The third-order valence-electron chi connectivity index (χ3n) is 3.43. The minimum Gasteiger partial charge on any atom is -0.275 e. The summed E-state index contributed by atoms with van der Waals surface area (Å²) in [4.78, 5) is 9.02. The van der Waals surface area contributed by atoms with Crippen LogP contribution >= 0.6 is 11.6 Å². The molecule has 0 amide bonds. The van der Waals surface area contributed by atoms with Gasteiger partial charge >= 0.3 is 0 Å². The highest BCUT2D eigenvalue weighted by atomic mass is 35.5. The number of fused-ring (bicyclic) bond motifs is 3. The summed E-state index contributed by atoms with van der Waals surface area (Å²) < 4.78 is 3.27. The number of rotatable bonds is 1. The van der Waals surface area contributed by atoms with E-state index in [2.05, 4.69) is 20.2 Å². The second-order valence-electron chi connectivity index (χ2n) is 4.93. The van der Waals surface area contributed by atoms with E-state index < -0.39 is 0 Å². The minimum atomic E-state index is 0.300. The Bertz CT molecular complexity index is 984. The molecule has 0 radical (unpaired) electrons. The average molecular weight is 299 g/mol. The van der Waals surface area contributed by atoms with E-state index in [0.717, 1.165) is 22.0 Å². The lowest BCUT2D eigenvalue weighted by molar-refractivity contribution is 0.768. The van der Waals surface area contributed by atoms with Gasteiger partial charge in [-0.2, -0.15) is 9.61 Å². The average Bonchev–Trinajstić information content (AvgIpc) is 3.07. The number of hydrogen-bond donors (Lipinski definition) is 0. The lowest BCUT2D eigenvalue weighted by Crippen LogP contribution is -1.96. The van der Waals surface area contributed by atoms with Gasteiger partial charge in [-0.05, 0) is 30.2 Å². The Morgan fingerprint density at radius 2 is 2.05 bits per heavy atom. The van der Waals surface area contributed by atoms with Crippen molar-refractivity contribution in [2.45, 2.75) is 6.92 Å². The van der Waals surface area contributed by atoms with Crippen LogP contribution < -0.4 is 0 Å². The molecule has 7 heteroatoms. The molecule has 0 aliphatic heterocycles. The summed E-state index contributed by atoms with van der Waals surface area (Å²) in [5, 5.41) is 9.81. The fraction of sp³-hybridized carbons (Fsp3) is 0.143. The van der Waals surface area contributed by atoms with E-state index in [0.29, 0.717) is 16.8 Å². The number of aryl methyl sites for hydroxylation is 2. The van der Waals surface area contributed by atoms with Gasteiger partial charge in [0.2, 0.25) is 5.28 Å². The zero-order chi connectivity index (χ0) is 14.6. The fourth-order valence-corrected chi connectivity index (χ4v) is 2.60. The van der Waals surface area contributed by atoms with Crippen molar-refractivity contribution in [1.29, 1.82) is 0 Å². The normalized spacial score (nSPS) is 11.6. The highest BCUT2D eigenvalue weighted by Gasteiger charge is 2.14. The largest absolute Gasteiger partial charge is 0.275 e. The van der Waals surface area contributed by atoms with Gasteiger partial charge in [-0.1, -0.05) is 12.1 Å². The van der Waals surface area contributed by atoms with Gasteiger partial charge < -0.3 is 0 Å². The van der Waals surface area contributed by atoms with E-state index in [1.807, 2.05) is 38.4 Å². The van der Waals surface area contributed by atoms with Gasteiger partial charge in [0.15, 0.2) is 11.5 Å². The Balaban J connectivity index is 2.09. The van der Waals surface area contributed by atoms with Crippen molar-refractivity contribution >= 4 is 28.2 Å². The van der Waals surface area contributed by atoms with Crippen molar-refractivity contribution in [1.82, 2.24) is 29.4 Å². The van der Waals surface area contributed by atoms with Gasteiger partial charge in [0.1, 0.15) is 0 Å². The molecule has 3 heterocycles. The maximum Gasteiger partial charge on any atom is 0.226 e. The second-order valence-corrected chi connectivity index (χ2v) is 5.26. The van der Waals surface area contributed by atoms with Crippen LogP contribution in [0.4, 0.5) is 0 Å². The molecule has 0 N–H and O–H groups in total. The van der Waals surface area contributed by atoms with Crippen molar-refractivity contribution in [3.8, 4) is 11.4 Å². The van der Waals surface area contributed by atoms with E-state index in [-0.39, 0.29) is 0 Å². The maximum atomic E-state index is 6.24. The quantitative estimate of drug-likeness (QED) is 0.507. The summed E-state index contributed by atoms with van der Waals surface area (Å²) in [6.45, 7) is 2.00. The molecule has 0 unspecified atom stereocenters.